The third-order valence-corrected chi connectivity index (χ3v) is 7.71. The highest BCUT2D eigenvalue weighted by Crippen LogP contribution is 2.40. The zero-order valence-electron chi connectivity index (χ0n) is 19.1. The first-order chi connectivity index (χ1) is 17.4. The fraction of sp³-hybridized carbons (Fsp3) is 0.280. The number of nitrogens with zero attached hydrogens (tertiary/aromatic N) is 2. The number of aromatic nitrogens is 4. The van der Waals surface area contributed by atoms with Gasteiger partial charge in [0.1, 0.15) is 11.5 Å². The normalized spacial score (nSPS) is 17.0. The maximum Gasteiger partial charge on any atom is 0.287 e. The molecule has 3 heterocycles. The zero-order chi connectivity index (χ0) is 24.8. The second-order valence-electron chi connectivity index (χ2n) is 9.15. The molecule has 0 spiro atoms. The molecule has 1 saturated carbocycles. The van der Waals surface area contributed by atoms with E-state index in [0.29, 0.717) is 34.3 Å². The van der Waals surface area contributed by atoms with E-state index in [1.807, 2.05) is 6.07 Å². The van der Waals surface area contributed by atoms with Crippen molar-refractivity contribution >= 4 is 34.4 Å². The van der Waals surface area contributed by atoms with Crippen LogP contribution in [0.25, 0.3) is 11.3 Å². The first kappa shape index (κ1) is 22.6. The van der Waals surface area contributed by atoms with Crippen LogP contribution in [0.2, 0.25) is 0 Å². The SMILES string of the molecule is O=C(Nc1cc(-c2cc(Nc3cc(C4CC4)[nH]n3)c(=O)[nH]n2)ccc1F)c1cc2c(s1)CCCC2O. The Labute approximate surface area is 208 Å². The molecule has 11 heteroatoms. The van der Waals surface area contributed by atoms with E-state index in [-0.39, 0.29) is 11.4 Å². The van der Waals surface area contributed by atoms with E-state index >= 15 is 0 Å². The van der Waals surface area contributed by atoms with E-state index in [4.69, 9.17) is 0 Å². The molecule has 1 unspecified atom stereocenters. The highest BCUT2D eigenvalue weighted by molar-refractivity contribution is 7.14. The molecule has 36 heavy (non-hydrogen) atoms. The average molecular weight is 507 g/mol. The lowest BCUT2D eigenvalue weighted by Crippen LogP contribution is -2.14. The minimum Gasteiger partial charge on any atom is -0.388 e. The standard InChI is InChI=1S/C25H23FN6O3S/c26-15-7-6-13(8-18(15)28-25(35)22-9-14-20(33)2-1-3-21(14)36-22)16-10-19(24(34)32-30-16)27-23-11-17(29-31-23)12-4-5-12/h6-12,20,33H,1-5H2,(H,28,35)(H,32,34)(H2,27,29,30,31). The number of hydrogen-bond donors (Lipinski definition) is 5. The van der Waals surface area contributed by atoms with Crippen molar-refractivity contribution in [2.24, 2.45) is 0 Å². The predicted octanol–water partition coefficient (Wildman–Crippen LogP) is 4.60. The highest BCUT2D eigenvalue weighted by Gasteiger charge is 2.26. The molecule has 0 bridgehead atoms. The number of aliphatic hydroxyl groups is 1. The maximum atomic E-state index is 14.6. The number of aliphatic hydroxyl groups excluding tert-OH is 1. The first-order valence-corrected chi connectivity index (χ1v) is 12.6. The summed E-state index contributed by atoms with van der Waals surface area (Å²) in [5, 5.41) is 29.6. The summed E-state index contributed by atoms with van der Waals surface area (Å²) in [6.45, 7) is 0. The van der Waals surface area contributed by atoms with Gasteiger partial charge in [-0.25, -0.2) is 9.49 Å². The molecule has 3 aromatic heterocycles. The number of aromatic amines is 2. The van der Waals surface area contributed by atoms with Crippen molar-refractivity contribution < 1.29 is 14.3 Å². The molecule has 0 aliphatic heterocycles. The second-order valence-corrected chi connectivity index (χ2v) is 10.3. The lowest BCUT2D eigenvalue weighted by atomic mass is 9.96. The number of fused-ring (bicyclic) bond motifs is 1. The first-order valence-electron chi connectivity index (χ1n) is 11.8. The number of hydrogen-bond acceptors (Lipinski definition) is 7. The highest BCUT2D eigenvalue weighted by atomic mass is 32.1. The van der Waals surface area contributed by atoms with Crippen molar-refractivity contribution in [2.45, 2.75) is 44.1 Å². The Kier molecular flexibility index (Phi) is 5.65. The predicted molar refractivity (Wildman–Crippen MR) is 134 cm³/mol. The van der Waals surface area contributed by atoms with Crippen LogP contribution in [0, 0.1) is 5.82 Å². The van der Waals surface area contributed by atoms with Gasteiger partial charge in [0.15, 0.2) is 5.82 Å². The third-order valence-electron chi connectivity index (χ3n) is 6.50. The number of halogens is 1. The fourth-order valence-electron chi connectivity index (χ4n) is 4.40. The Morgan fingerprint density at radius 1 is 1.08 bits per heavy atom. The third kappa shape index (κ3) is 4.42. The number of H-pyrrole nitrogens is 2. The zero-order valence-corrected chi connectivity index (χ0v) is 19.9. The van der Waals surface area contributed by atoms with Crippen LogP contribution in [0.3, 0.4) is 0 Å². The number of rotatable bonds is 6. The molecule has 9 nitrogen and oxygen atoms in total. The van der Waals surface area contributed by atoms with Gasteiger partial charge in [0.2, 0.25) is 0 Å². The van der Waals surface area contributed by atoms with Crippen LogP contribution in [-0.4, -0.2) is 31.4 Å². The molecule has 4 aromatic rings. The number of thiophene rings is 1. The Morgan fingerprint density at radius 3 is 2.75 bits per heavy atom. The molecule has 0 radical (unpaired) electrons. The summed E-state index contributed by atoms with van der Waals surface area (Å²) in [5.41, 5.74) is 2.52. The van der Waals surface area contributed by atoms with Crippen LogP contribution < -0.4 is 16.2 Å². The van der Waals surface area contributed by atoms with Gasteiger partial charge in [-0.1, -0.05) is 0 Å². The molecule has 1 amide bonds. The van der Waals surface area contributed by atoms with Crippen molar-refractivity contribution in [3.63, 3.8) is 0 Å². The fourth-order valence-corrected chi connectivity index (χ4v) is 5.55. The minimum atomic E-state index is -0.597. The molecule has 1 aromatic carbocycles. The van der Waals surface area contributed by atoms with Gasteiger partial charge in [-0.15, -0.1) is 11.3 Å². The smallest absolute Gasteiger partial charge is 0.287 e. The van der Waals surface area contributed by atoms with Gasteiger partial charge in [-0.2, -0.15) is 10.2 Å². The van der Waals surface area contributed by atoms with Gasteiger partial charge in [-0.05, 0) is 68.0 Å². The second kappa shape index (κ2) is 8.99. The van der Waals surface area contributed by atoms with Crippen LogP contribution in [0.1, 0.15) is 63.5 Å². The van der Waals surface area contributed by atoms with E-state index in [2.05, 4.69) is 31.0 Å². The molecule has 2 aliphatic rings. The van der Waals surface area contributed by atoms with E-state index in [1.54, 1.807) is 12.1 Å². The molecule has 6 rings (SSSR count). The van der Waals surface area contributed by atoms with Gasteiger partial charge in [0.25, 0.3) is 11.5 Å². The lowest BCUT2D eigenvalue weighted by Gasteiger charge is -2.16. The summed E-state index contributed by atoms with van der Waals surface area (Å²) in [4.78, 5) is 26.6. The summed E-state index contributed by atoms with van der Waals surface area (Å²) in [6, 6.07) is 9.35. The lowest BCUT2D eigenvalue weighted by molar-refractivity contribution is 0.103. The van der Waals surface area contributed by atoms with Gasteiger partial charge < -0.3 is 15.7 Å². The van der Waals surface area contributed by atoms with E-state index in [1.165, 1.54) is 29.5 Å². The topological polar surface area (TPSA) is 136 Å². The molecule has 1 atom stereocenters. The molecular weight excluding hydrogens is 483 g/mol. The summed E-state index contributed by atoms with van der Waals surface area (Å²) < 4.78 is 14.6. The van der Waals surface area contributed by atoms with Crippen LogP contribution in [0.5, 0.6) is 0 Å². The average Bonchev–Trinajstić information content (AvgIpc) is 3.44. The Hall–Kier alpha value is -3.83. The van der Waals surface area contributed by atoms with Crippen molar-refractivity contribution in [3.05, 3.63) is 73.6 Å². The molecule has 0 saturated heterocycles. The quantitative estimate of drug-likeness (QED) is 0.259. The molecule has 1 fully saturated rings. The summed E-state index contributed by atoms with van der Waals surface area (Å²) in [6.07, 6.45) is 4.05. The number of nitrogens with one attached hydrogen (secondary N) is 4. The van der Waals surface area contributed by atoms with E-state index < -0.39 is 23.4 Å². The maximum absolute atomic E-state index is 14.6. The Bertz CT molecular complexity index is 1520. The number of anilines is 3. The van der Waals surface area contributed by atoms with Crippen molar-refractivity contribution in [1.82, 2.24) is 20.4 Å². The van der Waals surface area contributed by atoms with Gasteiger partial charge in [0.05, 0.1) is 22.4 Å². The number of carbonyl (C=O) groups excluding carboxylic acids is 1. The molecule has 5 N–H and O–H groups in total. The molecule has 184 valence electrons. The number of aryl methyl sites for hydroxylation is 1. The summed E-state index contributed by atoms with van der Waals surface area (Å²) >= 11 is 1.32. The Morgan fingerprint density at radius 2 is 1.94 bits per heavy atom. The van der Waals surface area contributed by atoms with Crippen LogP contribution in [0.15, 0.2) is 41.2 Å². The minimum absolute atomic E-state index is 0.00620. The van der Waals surface area contributed by atoms with Crippen molar-refractivity contribution in [1.29, 1.82) is 0 Å². The molecule has 2 aliphatic carbocycles. The number of amides is 1. The van der Waals surface area contributed by atoms with Crippen molar-refractivity contribution in [3.8, 4) is 11.3 Å². The van der Waals surface area contributed by atoms with Gasteiger partial charge in [0, 0.05) is 28.1 Å². The van der Waals surface area contributed by atoms with Gasteiger partial charge in [-0.3, -0.25) is 14.7 Å². The summed E-state index contributed by atoms with van der Waals surface area (Å²) in [5.74, 6) is -0.0213. The van der Waals surface area contributed by atoms with E-state index in [0.717, 1.165) is 41.8 Å². The number of carbonyl (C=O) groups is 1. The van der Waals surface area contributed by atoms with E-state index in [9.17, 15) is 19.1 Å². The number of benzene rings is 1. The van der Waals surface area contributed by atoms with Crippen molar-refractivity contribution in [2.75, 3.05) is 10.6 Å². The van der Waals surface area contributed by atoms with Crippen LogP contribution in [0.4, 0.5) is 21.6 Å². The van der Waals surface area contributed by atoms with Crippen LogP contribution in [-0.2, 0) is 6.42 Å². The van der Waals surface area contributed by atoms with Gasteiger partial charge >= 0.3 is 0 Å². The van der Waals surface area contributed by atoms with Crippen LogP contribution >= 0.6 is 11.3 Å². The Balaban J connectivity index is 1.24. The monoisotopic (exact) mass is 506 g/mol. The summed E-state index contributed by atoms with van der Waals surface area (Å²) in [7, 11) is 0. The largest absolute Gasteiger partial charge is 0.388 e. The molecular formula is C25H23FN6O3S.